The lowest BCUT2D eigenvalue weighted by Gasteiger charge is -2.35. The fraction of sp³-hybridized carbons (Fsp3) is 0.833. The molecule has 32 heavy (non-hydrogen) atoms. The molecule has 178 valence electrons. The van der Waals surface area contributed by atoms with Gasteiger partial charge in [-0.2, -0.15) is 5.10 Å². The molecule has 2 heterocycles. The van der Waals surface area contributed by atoms with Crippen molar-refractivity contribution in [2.24, 2.45) is 5.92 Å². The van der Waals surface area contributed by atoms with Gasteiger partial charge in [-0.25, -0.2) is 4.98 Å². The van der Waals surface area contributed by atoms with E-state index in [1.54, 1.807) is 0 Å². The maximum atomic E-state index is 12.6. The van der Waals surface area contributed by atoms with Crippen molar-refractivity contribution in [1.82, 2.24) is 30.3 Å². The fourth-order valence-electron chi connectivity index (χ4n) is 5.51. The number of piperazine rings is 1. The van der Waals surface area contributed by atoms with Crippen LogP contribution in [0.25, 0.3) is 0 Å². The summed E-state index contributed by atoms with van der Waals surface area (Å²) in [5.41, 5.74) is 1.10. The number of amides is 1. The molecule has 2 aliphatic carbocycles. The van der Waals surface area contributed by atoms with E-state index in [2.05, 4.69) is 51.2 Å². The maximum absolute atomic E-state index is 12.6. The summed E-state index contributed by atoms with van der Waals surface area (Å²) >= 11 is 0. The normalized spacial score (nSPS) is 29.8. The van der Waals surface area contributed by atoms with Gasteiger partial charge in [-0.3, -0.25) is 9.69 Å². The molecule has 1 aromatic heterocycles. The first kappa shape index (κ1) is 23.4. The van der Waals surface area contributed by atoms with Crippen molar-refractivity contribution in [3.8, 4) is 0 Å². The van der Waals surface area contributed by atoms with Gasteiger partial charge in [0.05, 0.1) is 18.4 Å². The first-order valence-electron chi connectivity index (χ1n) is 12.6. The summed E-state index contributed by atoms with van der Waals surface area (Å²) in [4.78, 5) is 24.2. The quantitative estimate of drug-likeness (QED) is 0.723. The number of anilines is 1. The van der Waals surface area contributed by atoms with Gasteiger partial charge in [0.15, 0.2) is 0 Å². The second-order valence-electron chi connectivity index (χ2n) is 10.4. The molecule has 0 aromatic carbocycles. The van der Waals surface area contributed by atoms with Crippen LogP contribution in [0.3, 0.4) is 0 Å². The Balaban J connectivity index is 1.21. The van der Waals surface area contributed by atoms with Crippen molar-refractivity contribution < 1.29 is 4.79 Å². The van der Waals surface area contributed by atoms with E-state index in [9.17, 15) is 4.79 Å². The summed E-state index contributed by atoms with van der Waals surface area (Å²) in [5, 5.41) is 11.9. The molecule has 2 saturated carbocycles. The third-order valence-electron chi connectivity index (χ3n) is 7.81. The molecule has 1 N–H and O–H groups in total. The topological polar surface area (TPSA) is 77.5 Å². The third kappa shape index (κ3) is 6.16. The minimum absolute atomic E-state index is 0.165. The van der Waals surface area contributed by atoms with Crippen LogP contribution in [0.4, 0.5) is 5.95 Å². The van der Waals surface area contributed by atoms with Crippen LogP contribution in [0.15, 0.2) is 6.20 Å². The summed E-state index contributed by atoms with van der Waals surface area (Å²) in [5.74, 6) is 2.28. The van der Waals surface area contributed by atoms with Gasteiger partial charge >= 0.3 is 0 Å². The van der Waals surface area contributed by atoms with Crippen molar-refractivity contribution >= 4 is 11.9 Å². The second-order valence-corrected chi connectivity index (χ2v) is 10.4. The van der Waals surface area contributed by atoms with E-state index < -0.39 is 0 Å². The minimum Gasteiger partial charge on any atom is -0.352 e. The van der Waals surface area contributed by atoms with Crippen LogP contribution < -0.4 is 10.2 Å². The molecular formula is C24H41N7O. The number of nitrogens with zero attached hydrogens (tertiary/aromatic N) is 6. The van der Waals surface area contributed by atoms with Crippen molar-refractivity contribution in [3.05, 3.63) is 11.9 Å². The molecule has 1 amide bonds. The van der Waals surface area contributed by atoms with Crippen LogP contribution in [0.2, 0.25) is 0 Å². The number of carbonyl (C=O) groups is 1. The predicted octanol–water partition coefficient (Wildman–Crippen LogP) is 2.28. The summed E-state index contributed by atoms with van der Waals surface area (Å²) in [6, 6.07) is 0.998. The van der Waals surface area contributed by atoms with E-state index in [4.69, 9.17) is 4.98 Å². The van der Waals surface area contributed by atoms with E-state index in [1.807, 2.05) is 6.20 Å². The second kappa shape index (κ2) is 10.9. The Morgan fingerprint density at radius 2 is 1.72 bits per heavy atom. The zero-order valence-electron chi connectivity index (χ0n) is 20.2. The molecule has 8 nitrogen and oxygen atoms in total. The third-order valence-corrected chi connectivity index (χ3v) is 7.81. The van der Waals surface area contributed by atoms with Crippen molar-refractivity contribution in [2.45, 2.75) is 76.3 Å². The Kier molecular flexibility index (Phi) is 7.94. The maximum Gasteiger partial charge on any atom is 0.245 e. The van der Waals surface area contributed by atoms with Crippen LogP contribution in [0.1, 0.15) is 69.9 Å². The number of carbonyl (C=O) groups excluding carboxylic acids is 1. The fourth-order valence-corrected chi connectivity index (χ4v) is 5.51. The lowest BCUT2D eigenvalue weighted by Crippen LogP contribution is -2.51. The molecular weight excluding hydrogens is 402 g/mol. The Labute approximate surface area is 193 Å². The standard InChI is InChI=1S/C24H41N7O/c1-18-4-6-19(7-5-18)22-16-25-28-24(27-22)31-14-12-30(13-15-31)17-23(32)26-20-8-10-21(11-9-20)29(2)3/h16,18-21H,4-15,17H2,1-3H3,(H,26,32). The van der Waals surface area contributed by atoms with E-state index >= 15 is 0 Å². The molecule has 0 atom stereocenters. The molecule has 0 spiro atoms. The van der Waals surface area contributed by atoms with E-state index in [-0.39, 0.29) is 5.91 Å². The number of hydrogen-bond acceptors (Lipinski definition) is 7. The number of aromatic nitrogens is 3. The smallest absolute Gasteiger partial charge is 0.245 e. The van der Waals surface area contributed by atoms with E-state index in [0.717, 1.165) is 56.6 Å². The van der Waals surface area contributed by atoms with Gasteiger partial charge in [0, 0.05) is 44.2 Å². The van der Waals surface area contributed by atoms with E-state index in [0.29, 0.717) is 24.5 Å². The Bertz CT molecular complexity index is 734. The predicted molar refractivity (Wildman–Crippen MR) is 127 cm³/mol. The largest absolute Gasteiger partial charge is 0.352 e. The first-order valence-corrected chi connectivity index (χ1v) is 12.6. The van der Waals surface area contributed by atoms with Gasteiger partial charge < -0.3 is 15.1 Å². The van der Waals surface area contributed by atoms with E-state index in [1.165, 1.54) is 38.5 Å². The molecule has 0 radical (unpaired) electrons. The Hall–Kier alpha value is -1.80. The van der Waals surface area contributed by atoms with Gasteiger partial charge in [-0.05, 0) is 58.5 Å². The summed E-state index contributed by atoms with van der Waals surface area (Å²) in [6.45, 7) is 6.23. The monoisotopic (exact) mass is 443 g/mol. The van der Waals surface area contributed by atoms with Crippen molar-refractivity contribution in [3.63, 3.8) is 0 Å². The summed E-state index contributed by atoms with van der Waals surface area (Å²) in [7, 11) is 4.30. The summed E-state index contributed by atoms with van der Waals surface area (Å²) < 4.78 is 0. The van der Waals surface area contributed by atoms with Crippen LogP contribution in [0, 0.1) is 5.92 Å². The van der Waals surface area contributed by atoms with Gasteiger partial charge in [-0.15, -0.1) is 5.10 Å². The lowest BCUT2D eigenvalue weighted by molar-refractivity contribution is -0.123. The molecule has 3 fully saturated rings. The zero-order chi connectivity index (χ0) is 22.5. The average molecular weight is 444 g/mol. The van der Waals surface area contributed by atoms with Crippen LogP contribution >= 0.6 is 0 Å². The average Bonchev–Trinajstić information content (AvgIpc) is 2.80. The van der Waals surface area contributed by atoms with Crippen molar-refractivity contribution in [2.75, 3.05) is 51.7 Å². The van der Waals surface area contributed by atoms with Crippen molar-refractivity contribution in [1.29, 1.82) is 0 Å². The molecule has 0 bridgehead atoms. The number of rotatable bonds is 6. The van der Waals surface area contributed by atoms with Gasteiger partial charge in [0.2, 0.25) is 11.9 Å². The van der Waals surface area contributed by atoms with Crippen LogP contribution in [-0.2, 0) is 4.79 Å². The lowest BCUT2D eigenvalue weighted by atomic mass is 9.81. The molecule has 4 rings (SSSR count). The Morgan fingerprint density at radius 3 is 2.38 bits per heavy atom. The molecule has 0 unspecified atom stereocenters. The zero-order valence-corrected chi connectivity index (χ0v) is 20.2. The van der Waals surface area contributed by atoms with Gasteiger partial charge in [-0.1, -0.05) is 19.8 Å². The minimum atomic E-state index is 0.165. The van der Waals surface area contributed by atoms with Gasteiger partial charge in [0.25, 0.3) is 0 Å². The SMILES string of the molecule is CC1CCC(c2cnnc(N3CCN(CC(=O)NC4CCC(N(C)C)CC4)CC3)n2)CC1. The number of nitrogens with one attached hydrogen (secondary N) is 1. The highest BCUT2D eigenvalue weighted by molar-refractivity contribution is 5.78. The summed E-state index contributed by atoms with van der Waals surface area (Å²) in [6.07, 6.45) is 11.3. The van der Waals surface area contributed by atoms with Gasteiger partial charge in [0.1, 0.15) is 0 Å². The molecule has 1 aromatic rings. The molecule has 1 aliphatic heterocycles. The van der Waals surface area contributed by atoms with Crippen LogP contribution in [0.5, 0.6) is 0 Å². The molecule has 1 saturated heterocycles. The number of hydrogen-bond donors (Lipinski definition) is 1. The molecule has 8 heteroatoms. The van der Waals surface area contributed by atoms with Crippen LogP contribution in [-0.4, -0.2) is 89.8 Å². The molecule has 3 aliphatic rings. The highest BCUT2D eigenvalue weighted by Gasteiger charge is 2.26. The Morgan fingerprint density at radius 1 is 1.03 bits per heavy atom. The highest BCUT2D eigenvalue weighted by atomic mass is 16.2. The highest BCUT2D eigenvalue weighted by Crippen LogP contribution is 2.34. The first-order chi connectivity index (χ1) is 15.5.